The lowest BCUT2D eigenvalue weighted by atomic mass is 10.0. The van der Waals surface area contributed by atoms with Crippen LogP contribution in [0.4, 0.5) is 11.4 Å². The number of nitrogen functional groups attached to an aromatic ring is 1. The molecule has 0 aliphatic carbocycles. The van der Waals surface area contributed by atoms with Crippen LogP contribution in [0.15, 0.2) is 18.2 Å². The molecule has 0 saturated carbocycles. The Balaban J connectivity index is 2.39. The zero-order valence-corrected chi connectivity index (χ0v) is 11.7. The first-order valence-electron chi connectivity index (χ1n) is 6.77. The molecule has 0 spiro atoms. The fourth-order valence-corrected chi connectivity index (χ4v) is 2.83. The molecule has 1 amide bonds. The second kappa shape index (κ2) is 5.48. The second-order valence-electron chi connectivity index (χ2n) is 5.45. The first-order chi connectivity index (χ1) is 9.43. The minimum Gasteiger partial charge on any atom is -0.393 e. The zero-order valence-electron chi connectivity index (χ0n) is 11.7. The molecular formula is C14H19N3O3. The molecule has 1 saturated heterocycles. The second-order valence-corrected chi connectivity index (χ2v) is 5.45. The summed E-state index contributed by atoms with van der Waals surface area (Å²) in [7, 11) is 0. The van der Waals surface area contributed by atoms with Gasteiger partial charge < -0.3 is 10.6 Å². The zero-order chi connectivity index (χ0) is 14.9. The van der Waals surface area contributed by atoms with Crippen LogP contribution in [0, 0.1) is 16.0 Å². The molecular weight excluding hydrogens is 258 g/mol. The molecule has 0 radical (unpaired) electrons. The summed E-state index contributed by atoms with van der Waals surface area (Å²) in [6.45, 7) is 4.77. The van der Waals surface area contributed by atoms with Gasteiger partial charge in [0.25, 0.3) is 5.91 Å². The Bertz CT molecular complexity index is 542. The van der Waals surface area contributed by atoms with Crippen LogP contribution in [-0.2, 0) is 0 Å². The van der Waals surface area contributed by atoms with E-state index in [1.165, 1.54) is 12.1 Å². The van der Waals surface area contributed by atoms with Crippen molar-refractivity contribution in [3.8, 4) is 0 Å². The number of nitrogens with zero attached hydrogens (tertiary/aromatic N) is 2. The van der Waals surface area contributed by atoms with Crippen molar-refractivity contribution in [2.75, 3.05) is 12.3 Å². The Hall–Kier alpha value is -2.11. The lowest BCUT2D eigenvalue weighted by molar-refractivity contribution is -0.384. The van der Waals surface area contributed by atoms with Crippen LogP contribution in [0.2, 0.25) is 0 Å². The van der Waals surface area contributed by atoms with E-state index >= 15 is 0 Å². The number of amides is 1. The third-order valence-corrected chi connectivity index (χ3v) is 3.81. The van der Waals surface area contributed by atoms with Crippen LogP contribution >= 0.6 is 0 Å². The maximum atomic E-state index is 12.6. The molecule has 1 unspecified atom stereocenters. The molecule has 1 atom stereocenters. The normalized spacial score (nSPS) is 18.6. The van der Waals surface area contributed by atoms with Crippen molar-refractivity contribution >= 4 is 17.3 Å². The Morgan fingerprint density at radius 1 is 1.50 bits per heavy atom. The number of carbonyl (C=O) groups excluding carboxylic acids is 1. The topological polar surface area (TPSA) is 89.5 Å². The van der Waals surface area contributed by atoms with Crippen LogP contribution in [-0.4, -0.2) is 28.3 Å². The average Bonchev–Trinajstić information content (AvgIpc) is 2.86. The van der Waals surface area contributed by atoms with E-state index < -0.39 is 4.92 Å². The lowest BCUT2D eigenvalue weighted by Gasteiger charge is -2.27. The quantitative estimate of drug-likeness (QED) is 0.522. The Morgan fingerprint density at radius 3 is 2.80 bits per heavy atom. The molecule has 1 heterocycles. The van der Waals surface area contributed by atoms with E-state index in [0.717, 1.165) is 12.8 Å². The summed E-state index contributed by atoms with van der Waals surface area (Å²) in [4.78, 5) is 24.9. The Morgan fingerprint density at radius 2 is 2.20 bits per heavy atom. The number of likely N-dealkylation sites (tertiary alicyclic amines) is 1. The van der Waals surface area contributed by atoms with Crippen molar-refractivity contribution in [3.63, 3.8) is 0 Å². The number of anilines is 1. The van der Waals surface area contributed by atoms with Gasteiger partial charge in [0.2, 0.25) is 0 Å². The fraction of sp³-hybridized carbons (Fsp3) is 0.500. The third kappa shape index (κ3) is 2.45. The molecule has 20 heavy (non-hydrogen) atoms. The number of para-hydroxylation sites is 1. The lowest BCUT2D eigenvalue weighted by Crippen LogP contribution is -2.38. The van der Waals surface area contributed by atoms with Crippen LogP contribution in [0.1, 0.15) is 37.0 Å². The predicted octanol–water partition coefficient (Wildman–Crippen LogP) is 2.44. The third-order valence-electron chi connectivity index (χ3n) is 3.81. The van der Waals surface area contributed by atoms with E-state index in [1.807, 2.05) is 0 Å². The fourth-order valence-electron chi connectivity index (χ4n) is 2.83. The van der Waals surface area contributed by atoms with E-state index in [-0.39, 0.29) is 28.9 Å². The highest BCUT2D eigenvalue weighted by molar-refractivity contribution is 6.00. The van der Waals surface area contributed by atoms with Crippen molar-refractivity contribution in [2.24, 2.45) is 5.92 Å². The van der Waals surface area contributed by atoms with Crippen LogP contribution in [0.25, 0.3) is 0 Å². The number of rotatable bonds is 3. The van der Waals surface area contributed by atoms with Crippen LogP contribution < -0.4 is 5.73 Å². The highest BCUT2D eigenvalue weighted by atomic mass is 16.6. The molecule has 6 heteroatoms. The maximum absolute atomic E-state index is 12.6. The molecule has 1 aliphatic rings. The number of hydrogen-bond acceptors (Lipinski definition) is 4. The van der Waals surface area contributed by atoms with E-state index in [2.05, 4.69) is 13.8 Å². The molecule has 108 valence electrons. The van der Waals surface area contributed by atoms with Gasteiger partial charge >= 0.3 is 5.69 Å². The highest BCUT2D eigenvalue weighted by Gasteiger charge is 2.34. The number of benzene rings is 1. The predicted molar refractivity (Wildman–Crippen MR) is 76.4 cm³/mol. The van der Waals surface area contributed by atoms with Crippen molar-refractivity contribution < 1.29 is 9.72 Å². The number of hydrogen-bond donors (Lipinski definition) is 1. The van der Waals surface area contributed by atoms with Gasteiger partial charge in [-0.15, -0.1) is 0 Å². The molecule has 1 fully saturated rings. The SMILES string of the molecule is CC(C)C1CCCN1C(=O)c1cccc(N)c1[N+](=O)[O-]. The molecule has 0 bridgehead atoms. The monoisotopic (exact) mass is 277 g/mol. The highest BCUT2D eigenvalue weighted by Crippen LogP contribution is 2.31. The summed E-state index contributed by atoms with van der Waals surface area (Å²) in [5.41, 5.74) is 5.47. The summed E-state index contributed by atoms with van der Waals surface area (Å²) in [5.74, 6) is 0.0433. The number of nitro groups is 1. The van der Waals surface area contributed by atoms with Gasteiger partial charge in [-0.3, -0.25) is 14.9 Å². The summed E-state index contributed by atoms with van der Waals surface area (Å²) in [6.07, 6.45) is 1.88. The van der Waals surface area contributed by atoms with Gasteiger partial charge in [0.15, 0.2) is 0 Å². The first-order valence-corrected chi connectivity index (χ1v) is 6.77. The van der Waals surface area contributed by atoms with Gasteiger partial charge in [0.05, 0.1) is 4.92 Å². The van der Waals surface area contributed by atoms with Crippen molar-refractivity contribution in [1.82, 2.24) is 4.90 Å². The number of nitro benzene ring substituents is 1. The molecule has 6 nitrogen and oxygen atoms in total. The van der Waals surface area contributed by atoms with Gasteiger partial charge in [-0.05, 0) is 30.9 Å². The summed E-state index contributed by atoms with van der Waals surface area (Å²) in [5, 5.41) is 11.1. The van der Waals surface area contributed by atoms with Crippen molar-refractivity contribution in [2.45, 2.75) is 32.7 Å². The smallest absolute Gasteiger partial charge is 0.304 e. The van der Waals surface area contributed by atoms with Crippen molar-refractivity contribution in [1.29, 1.82) is 0 Å². The maximum Gasteiger partial charge on any atom is 0.304 e. The first kappa shape index (κ1) is 14.3. The van der Waals surface area contributed by atoms with Gasteiger partial charge in [-0.25, -0.2) is 0 Å². The average molecular weight is 277 g/mol. The molecule has 1 aliphatic heterocycles. The summed E-state index contributed by atoms with van der Waals surface area (Å²) < 4.78 is 0. The Kier molecular flexibility index (Phi) is 3.92. The summed E-state index contributed by atoms with van der Waals surface area (Å²) in [6, 6.07) is 4.64. The standard InChI is InChI=1S/C14H19N3O3/c1-9(2)12-7-4-8-16(12)14(18)10-5-3-6-11(15)13(10)17(19)20/h3,5-6,9,12H,4,7-8,15H2,1-2H3. The molecule has 1 aromatic rings. The number of nitrogens with two attached hydrogens (primary N) is 1. The van der Waals surface area contributed by atoms with E-state index in [0.29, 0.717) is 12.5 Å². The molecule has 1 aromatic carbocycles. The number of carbonyl (C=O) groups is 1. The van der Waals surface area contributed by atoms with Crippen molar-refractivity contribution in [3.05, 3.63) is 33.9 Å². The van der Waals surface area contributed by atoms with E-state index in [4.69, 9.17) is 5.73 Å². The van der Waals surface area contributed by atoms with E-state index in [9.17, 15) is 14.9 Å². The van der Waals surface area contributed by atoms with E-state index in [1.54, 1.807) is 11.0 Å². The Labute approximate surface area is 117 Å². The van der Waals surface area contributed by atoms with Gasteiger partial charge in [-0.2, -0.15) is 0 Å². The van der Waals surface area contributed by atoms with Crippen LogP contribution in [0.3, 0.4) is 0 Å². The van der Waals surface area contributed by atoms with Gasteiger partial charge in [-0.1, -0.05) is 19.9 Å². The minimum absolute atomic E-state index is 0.0288. The molecule has 2 N–H and O–H groups in total. The van der Waals surface area contributed by atoms with Gasteiger partial charge in [0, 0.05) is 12.6 Å². The minimum atomic E-state index is -0.580. The summed E-state index contributed by atoms with van der Waals surface area (Å²) >= 11 is 0. The van der Waals surface area contributed by atoms with Gasteiger partial charge in [0.1, 0.15) is 11.3 Å². The molecule has 2 rings (SSSR count). The largest absolute Gasteiger partial charge is 0.393 e. The molecule has 0 aromatic heterocycles. The van der Waals surface area contributed by atoms with Crippen LogP contribution in [0.5, 0.6) is 0 Å².